The van der Waals surface area contributed by atoms with Gasteiger partial charge >= 0.3 is 12.2 Å². The Balaban J connectivity index is 0.945. The summed E-state index contributed by atoms with van der Waals surface area (Å²) < 4.78 is 9.41. The van der Waals surface area contributed by atoms with E-state index >= 15 is 0 Å². The lowest BCUT2D eigenvalue weighted by Gasteiger charge is -2.34. The van der Waals surface area contributed by atoms with Gasteiger partial charge in [-0.3, -0.25) is 9.59 Å². The van der Waals surface area contributed by atoms with Crippen molar-refractivity contribution < 1.29 is 28.7 Å². The van der Waals surface area contributed by atoms with Crippen LogP contribution in [0.2, 0.25) is 0 Å². The molecule has 1 aliphatic carbocycles. The zero-order valence-corrected chi connectivity index (χ0v) is 32.6. The van der Waals surface area contributed by atoms with Crippen LogP contribution in [-0.4, -0.2) is 93.1 Å². The highest BCUT2D eigenvalue weighted by Crippen LogP contribution is 2.49. The fourth-order valence-electron chi connectivity index (χ4n) is 8.92. The lowest BCUT2D eigenvalue weighted by molar-refractivity contribution is -0.136. The average molecular weight is 773 g/mol. The SMILES string of the molecule is COC(=O)NCC(=O)N1[C@@H]2CC[C@@H](C2)[C@H]1c1ncc(-c2ccc3cc(-c4ccc(-c5cnc([C@@H]6CCCN6C(=O)[C@@H](NC(=O)OC)C(C)C)[nH]5)cc4)ccc3c2)[nH]1. The van der Waals surface area contributed by atoms with Gasteiger partial charge < -0.3 is 39.9 Å². The number of H-pyrrole nitrogens is 2. The van der Waals surface area contributed by atoms with E-state index in [9.17, 15) is 19.2 Å². The van der Waals surface area contributed by atoms with E-state index < -0.39 is 18.2 Å². The van der Waals surface area contributed by atoms with E-state index in [4.69, 9.17) is 9.72 Å². The first kappa shape index (κ1) is 37.7. The maximum absolute atomic E-state index is 13.6. The van der Waals surface area contributed by atoms with Crippen molar-refractivity contribution in [2.24, 2.45) is 11.8 Å². The summed E-state index contributed by atoms with van der Waals surface area (Å²) in [6.45, 7) is 4.30. The predicted octanol–water partition coefficient (Wildman–Crippen LogP) is 6.74. The second kappa shape index (κ2) is 15.8. The van der Waals surface area contributed by atoms with Crippen LogP contribution in [0.1, 0.15) is 69.7 Å². The van der Waals surface area contributed by atoms with Crippen molar-refractivity contribution in [2.45, 2.75) is 70.1 Å². The number of aromatic nitrogens is 4. The predicted molar refractivity (Wildman–Crippen MR) is 214 cm³/mol. The molecule has 2 saturated heterocycles. The number of likely N-dealkylation sites (tertiary alicyclic amines) is 2. The summed E-state index contributed by atoms with van der Waals surface area (Å²) in [6.07, 6.45) is 7.00. The van der Waals surface area contributed by atoms with Crippen LogP contribution in [0.5, 0.6) is 0 Å². The fourth-order valence-corrected chi connectivity index (χ4v) is 8.92. The van der Waals surface area contributed by atoms with Gasteiger partial charge in [0.25, 0.3) is 0 Å². The van der Waals surface area contributed by atoms with Crippen LogP contribution in [0.3, 0.4) is 0 Å². The first-order valence-corrected chi connectivity index (χ1v) is 19.6. The number of imidazole rings is 2. The quantitative estimate of drug-likeness (QED) is 0.121. The normalized spacial score (nSPS) is 20.6. The zero-order valence-electron chi connectivity index (χ0n) is 32.6. The highest BCUT2D eigenvalue weighted by molar-refractivity contribution is 5.91. The molecule has 296 valence electrons. The molecule has 3 aliphatic rings. The van der Waals surface area contributed by atoms with Gasteiger partial charge in [-0.15, -0.1) is 0 Å². The second-order valence-corrected chi connectivity index (χ2v) is 15.6. The van der Waals surface area contributed by atoms with Crippen molar-refractivity contribution in [3.63, 3.8) is 0 Å². The number of methoxy groups -OCH3 is 2. The number of carbonyl (C=O) groups excluding carboxylic acids is 4. The number of piperidine rings is 1. The molecule has 5 aromatic rings. The van der Waals surface area contributed by atoms with Gasteiger partial charge in [0.2, 0.25) is 11.8 Å². The molecular weight excluding hydrogens is 725 g/mol. The van der Waals surface area contributed by atoms with Gasteiger partial charge in [-0.2, -0.15) is 0 Å². The molecule has 1 saturated carbocycles. The Morgan fingerprint density at radius 3 is 2.14 bits per heavy atom. The van der Waals surface area contributed by atoms with E-state index in [2.05, 4.69) is 91.0 Å². The molecular formula is C43H48N8O6. The Morgan fingerprint density at radius 2 is 1.42 bits per heavy atom. The number of rotatable bonds is 10. The van der Waals surface area contributed by atoms with E-state index in [0.29, 0.717) is 12.5 Å². The number of aromatic amines is 2. The van der Waals surface area contributed by atoms with Crippen molar-refractivity contribution in [1.82, 2.24) is 40.4 Å². The molecule has 5 atom stereocenters. The first-order chi connectivity index (χ1) is 27.6. The first-order valence-electron chi connectivity index (χ1n) is 19.6. The summed E-state index contributed by atoms with van der Waals surface area (Å²) >= 11 is 0. The van der Waals surface area contributed by atoms with Gasteiger partial charge in [0.15, 0.2) is 0 Å². The highest BCUT2D eigenvalue weighted by Gasteiger charge is 2.49. The number of nitrogens with one attached hydrogen (secondary N) is 4. The fraction of sp³-hybridized carbons (Fsp3) is 0.395. The van der Waals surface area contributed by atoms with Gasteiger partial charge in [-0.25, -0.2) is 19.6 Å². The van der Waals surface area contributed by atoms with E-state index in [1.165, 1.54) is 14.2 Å². The van der Waals surface area contributed by atoms with Gasteiger partial charge in [-0.1, -0.05) is 62.4 Å². The minimum Gasteiger partial charge on any atom is -0.453 e. The van der Waals surface area contributed by atoms with Crippen molar-refractivity contribution in [3.8, 4) is 33.6 Å². The Hall–Kier alpha value is -6.18. The molecule has 4 amide bonds. The molecule has 2 aliphatic heterocycles. The number of alkyl carbamates (subject to hydrolysis) is 2. The summed E-state index contributed by atoms with van der Waals surface area (Å²) in [5.74, 6) is 1.47. The van der Waals surface area contributed by atoms with Crippen LogP contribution < -0.4 is 10.6 Å². The monoisotopic (exact) mass is 772 g/mol. The molecule has 4 N–H and O–H groups in total. The molecule has 0 unspecified atom stereocenters. The summed E-state index contributed by atoms with van der Waals surface area (Å²) in [7, 11) is 2.57. The number of fused-ring (bicyclic) bond motifs is 3. The minimum absolute atomic E-state index is 0.102. The molecule has 57 heavy (non-hydrogen) atoms. The number of hydrogen-bond donors (Lipinski definition) is 4. The van der Waals surface area contributed by atoms with Crippen LogP contribution >= 0.6 is 0 Å². The van der Waals surface area contributed by atoms with Crippen LogP contribution in [0.25, 0.3) is 44.4 Å². The zero-order chi connectivity index (χ0) is 39.8. The lowest BCUT2D eigenvalue weighted by Crippen LogP contribution is -2.51. The molecule has 0 radical (unpaired) electrons. The van der Waals surface area contributed by atoms with Crippen molar-refractivity contribution in [1.29, 1.82) is 0 Å². The van der Waals surface area contributed by atoms with E-state index in [0.717, 1.165) is 88.2 Å². The average Bonchev–Trinajstić information content (AvgIpc) is 4.09. The molecule has 8 rings (SSSR count). The molecule has 14 nitrogen and oxygen atoms in total. The summed E-state index contributed by atoms with van der Waals surface area (Å²) in [4.78, 5) is 70.5. The highest BCUT2D eigenvalue weighted by atomic mass is 16.5. The maximum atomic E-state index is 13.6. The van der Waals surface area contributed by atoms with Crippen molar-refractivity contribution >= 4 is 34.8 Å². The number of carbonyl (C=O) groups is 4. The van der Waals surface area contributed by atoms with Crippen LogP contribution in [0.15, 0.2) is 73.1 Å². The third-order valence-corrected chi connectivity index (χ3v) is 11.8. The Morgan fingerprint density at radius 1 is 0.789 bits per heavy atom. The Bertz CT molecular complexity index is 2300. The van der Waals surface area contributed by atoms with E-state index in [-0.39, 0.29) is 42.4 Å². The molecule has 4 heterocycles. The number of ether oxygens (including phenoxy) is 2. The third kappa shape index (κ3) is 7.43. The van der Waals surface area contributed by atoms with Crippen molar-refractivity contribution in [3.05, 3.63) is 84.7 Å². The number of benzene rings is 3. The largest absolute Gasteiger partial charge is 0.453 e. The number of hydrogen-bond acceptors (Lipinski definition) is 8. The molecule has 2 bridgehead atoms. The van der Waals surface area contributed by atoms with E-state index in [1.54, 1.807) is 0 Å². The van der Waals surface area contributed by atoms with E-state index in [1.807, 2.05) is 36.0 Å². The Labute approximate surface area is 330 Å². The van der Waals surface area contributed by atoms with Gasteiger partial charge in [0, 0.05) is 18.2 Å². The Kier molecular flexibility index (Phi) is 10.4. The molecule has 14 heteroatoms. The number of amides is 4. The van der Waals surface area contributed by atoms with Crippen LogP contribution in [0.4, 0.5) is 9.59 Å². The second-order valence-electron chi connectivity index (χ2n) is 15.6. The minimum atomic E-state index is -0.685. The molecule has 2 aromatic heterocycles. The van der Waals surface area contributed by atoms with Crippen LogP contribution in [0, 0.1) is 11.8 Å². The van der Waals surface area contributed by atoms with Gasteiger partial charge in [0.1, 0.15) is 24.2 Å². The summed E-state index contributed by atoms with van der Waals surface area (Å²) in [5, 5.41) is 7.43. The summed E-state index contributed by atoms with van der Waals surface area (Å²) in [5.41, 5.74) is 5.93. The lowest BCUT2D eigenvalue weighted by atomic mass is 9.97. The van der Waals surface area contributed by atoms with Gasteiger partial charge in [-0.05, 0) is 83.5 Å². The maximum Gasteiger partial charge on any atom is 0.407 e. The smallest absolute Gasteiger partial charge is 0.407 e. The third-order valence-electron chi connectivity index (χ3n) is 11.8. The van der Waals surface area contributed by atoms with Crippen LogP contribution in [-0.2, 0) is 19.1 Å². The molecule has 3 fully saturated rings. The van der Waals surface area contributed by atoms with Gasteiger partial charge in [0.05, 0.1) is 50.1 Å². The topological polar surface area (TPSA) is 175 Å². The number of nitrogens with zero attached hydrogens (tertiary/aromatic N) is 4. The van der Waals surface area contributed by atoms with Crippen molar-refractivity contribution in [2.75, 3.05) is 27.3 Å². The standard InChI is InChI=1S/C43H48N8O6/c1-24(2)37(49-43(55)57-4)41(53)50-17-5-6-35(50)39-44-21-33(47-39)26-9-7-25(8-10-26)27-11-12-29-19-30(14-13-28(29)18-27)34-22-45-40(48-34)38-31-15-16-32(20-31)51(38)36(52)23-46-42(54)56-3/h7-14,18-19,21-22,24,31-32,35,37-38H,5-6,15-17,20,23H2,1-4H3,(H,44,47)(H,45,48)(H,46,54)(H,49,55)/t31-,32+,35-,37-,38-/m0/s1. The summed E-state index contributed by atoms with van der Waals surface area (Å²) in [6, 6.07) is 20.3. The molecule has 0 spiro atoms. The molecule has 3 aromatic carbocycles.